The van der Waals surface area contributed by atoms with Crippen LogP contribution < -0.4 is 5.32 Å². The number of hydrogen-bond donors (Lipinski definition) is 2. The Morgan fingerprint density at radius 1 is 1.56 bits per heavy atom. The molecule has 0 atom stereocenters. The van der Waals surface area contributed by atoms with Gasteiger partial charge in [0.15, 0.2) is 0 Å². The number of nitrogens with one attached hydrogen (secondary N) is 2. The minimum absolute atomic E-state index is 0.788. The predicted molar refractivity (Wildman–Crippen MR) is 65.0 cm³/mol. The molecule has 0 radical (unpaired) electrons. The third kappa shape index (κ3) is 2.93. The summed E-state index contributed by atoms with van der Waals surface area (Å²) in [6, 6.07) is 0. The maximum Gasteiger partial charge on any atom is 0.128 e. The van der Waals surface area contributed by atoms with E-state index < -0.39 is 0 Å². The first-order valence-electron chi connectivity index (χ1n) is 5.13. The Morgan fingerprint density at radius 2 is 2.44 bits per heavy atom. The lowest BCUT2D eigenvalue weighted by atomic mass is 10.4. The minimum atomic E-state index is 0.788. The maximum absolute atomic E-state index is 4.25. The van der Waals surface area contributed by atoms with Crippen molar-refractivity contribution in [2.75, 3.05) is 6.54 Å². The molecule has 6 heteroatoms. The van der Waals surface area contributed by atoms with Crippen molar-refractivity contribution in [3.63, 3.8) is 0 Å². The summed E-state index contributed by atoms with van der Waals surface area (Å²) in [5.41, 5.74) is 1.09. The van der Waals surface area contributed by atoms with Gasteiger partial charge in [-0.15, -0.1) is 0 Å². The molecule has 0 amide bonds. The standard InChI is InChI=1S/C10H14BrN5/c1-8-14-9(10(11)15-8)6-12-2-4-16-5-3-13-7-16/h3,5,7,12H,2,4,6H2,1H3,(H,14,15). The number of nitrogens with zero attached hydrogens (tertiary/aromatic N) is 3. The third-order valence-electron chi connectivity index (χ3n) is 2.25. The van der Waals surface area contributed by atoms with Crippen molar-refractivity contribution >= 4 is 15.9 Å². The van der Waals surface area contributed by atoms with Crippen LogP contribution in [-0.2, 0) is 13.1 Å². The number of aryl methyl sites for hydroxylation is 1. The summed E-state index contributed by atoms with van der Waals surface area (Å²) >= 11 is 3.41. The first kappa shape index (κ1) is 11.3. The molecule has 0 fully saturated rings. The highest BCUT2D eigenvalue weighted by atomic mass is 79.9. The number of aromatic amines is 1. The number of rotatable bonds is 5. The summed E-state index contributed by atoms with van der Waals surface area (Å²) in [6.45, 7) is 4.56. The van der Waals surface area contributed by atoms with Crippen molar-refractivity contribution in [2.45, 2.75) is 20.0 Å². The Morgan fingerprint density at radius 3 is 3.06 bits per heavy atom. The Balaban J connectivity index is 1.74. The second-order valence-electron chi connectivity index (χ2n) is 3.57. The molecule has 2 rings (SSSR count). The van der Waals surface area contributed by atoms with E-state index in [9.17, 15) is 0 Å². The van der Waals surface area contributed by atoms with E-state index in [4.69, 9.17) is 0 Å². The molecule has 0 aliphatic rings. The van der Waals surface area contributed by atoms with Gasteiger partial charge < -0.3 is 14.9 Å². The topological polar surface area (TPSA) is 58.5 Å². The summed E-state index contributed by atoms with van der Waals surface area (Å²) in [7, 11) is 0. The van der Waals surface area contributed by atoms with E-state index in [1.54, 1.807) is 6.20 Å². The molecule has 0 bridgehead atoms. The van der Waals surface area contributed by atoms with Gasteiger partial charge in [-0.3, -0.25) is 0 Å². The summed E-state index contributed by atoms with van der Waals surface area (Å²) in [5, 5.41) is 3.34. The second kappa shape index (κ2) is 5.27. The Bertz CT molecular complexity index is 434. The number of halogens is 1. The van der Waals surface area contributed by atoms with E-state index >= 15 is 0 Å². The second-order valence-corrected chi connectivity index (χ2v) is 4.32. The van der Waals surface area contributed by atoms with Gasteiger partial charge in [0.1, 0.15) is 10.4 Å². The number of H-pyrrole nitrogens is 1. The van der Waals surface area contributed by atoms with Gasteiger partial charge in [-0.05, 0) is 22.9 Å². The monoisotopic (exact) mass is 283 g/mol. The summed E-state index contributed by atoms with van der Waals surface area (Å²) in [4.78, 5) is 11.4. The van der Waals surface area contributed by atoms with Crippen LogP contribution in [0.2, 0.25) is 0 Å². The van der Waals surface area contributed by atoms with Gasteiger partial charge in [-0.2, -0.15) is 0 Å². The summed E-state index contributed by atoms with van der Waals surface area (Å²) in [5.74, 6) is 0.929. The summed E-state index contributed by atoms with van der Waals surface area (Å²) < 4.78 is 2.93. The van der Waals surface area contributed by atoms with Crippen molar-refractivity contribution < 1.29 is 0 Å². The fraction of sp³-hybridized carbons (Fsp3) is 0.400. The van der Waals surface area contributed by atoms with Crippen molar-refractivity contribution in [1.82, 2.24) is 24.8 Å². The molecule has 16 heavy (non-hydrogen) atoms. The number of hydrogen-bond acceptors (Lipinski definition) is 3. The molecule has 0 unspecified atom stereocenters. The molecule has 0 aliphatic heterocycles. The predicted octanol–water partition coefficient (Wildman–Crippen LogP) is 1.47. The van der Waals surface area contributed by atoms with Crippen LogP contribution in [-0.4, -0.2) is 26.1 Å². The van der Waals surface area contributed by atoms with Crippen molar-refractivity contribution in [3.05, 3.63) is 34.8 Å². The normalized spacial score (nSPS) is 10.9. The Hall–Kier alpha value is -1.14. The van der Waals surface area contributed by atoms with Gasteiger partial charge in [0.25, 0.3) is 0 Å². The molecular formula is C10H14BrN5. The van der Waals surface area contributed by atoms with E-state index in [2.05, 4.69) is 36.2 Å². The molecule has 86 valence electrons. The summed E-state index contributed by atoms with van der Waals surface area (Å²) in [6.07, 6.45) is 5.56. The first-order chi connectivity index (χ1) is 7.75. The van der Waals surface area contributed by atoms with E-state index in [0.717, 1.165) is 35.8 Å². The van der Waals surface area contributed by atoms with Crippen LogP contribution in [0.3, 0.4) is 0 Å². The van der Waals surface area contributed by atoms with Crippen LogP contribution in [0.5, 0.6) is 0 Å². The van der Waals surface area contributed by atoms with Gasteiger partial charge in [0, 0.05) is 32.0 Å². The molecule has 2 aromatic rings. The lowest BCUT2D eigenvalue weighted by Gasteiger charge is -2.04. The molecule has 0 saturated heterocycles. The SMILES string of the molecule is Cc1nc(Br)c(CNCCn2ccnc2)[nH]1. The van der Waals surface area contributed by atoms with Gasteiger partial charge in [0.2, 0.25) is 0 Å². The lowest BCUT2D eigenvalue weighted by molar-refractivity contribution is 0.592. The van der Waals surface area contributed by atoms with E-state index in [1.165, 1.54) is 0 Å². The van der Waals surface area contributed by atoms with E-state index in [0.29, 0.717) is 0 Å². The average Bonchev–Trinajstić information content (AvgIpc) is 2.84. The van der Waals surface area contributed by atoms with Crippen molar-refractivity contribution in [1.29, 1.82) is 0 Å². The van der Waals surface area contributed by atoms with Gasteiger partial charge >= 0.3 is 0 Å². The highest BCUT2D eigenvalue weighted by Gasteiger charge is 2.03. The Labute approximate surface area is 102 Å². The molecule has 0 aromatic carbocycles. The molecule has 0 spiro atoms. The third-order valence-corrected chi connectivity index (χ3v) is 2.91. The molecular weight excluding hydrogens is 270 g/mol. The van der Waals surface area contributed by atoms with Crippen molar-refractivity contribution in [2.24, 2.45) is 0 Å². The van der Waals surface area contributed by atoms with E-state index in [1.807, 2.05) is 24.0 Å². The molecule has 2 N–H and O–H groups in total. The first-order valence-corrected chi connectivity index (χ1v) is 5.92. The fourth-order valence-electron chi connectivity index (χ4n) is 1.47. The average molecular weight is 284 g/mol. The van der Waals surface area contributed by atoms with E-state index in [-0.39, 0.29) is 0 Å². The molecule has 5 nitrogen and oxygen atoms in total. The van der Waals surface area contributed by atoms with Crippen LogP contribution in [0.15, 0.2) is 23.3 Å². The van der Waals surface area contributed by atoms with Crippen LogP contribution in [0.25, 0.3) is 0 Å². The number of aromatic nitrogens is 4. The minimum Gasteiger partial charge on any atom is -0.344 e. The zero-order chi connectivity index (χ0) is 11.4. The van der Waals surface area contributed by atoms with Gasteiger partial charge in [-0.25, -0.2) is 9.97 Å². The van der Waals surface area contributed by atoms with Crippen LogP contribution in [0.1, 0.15) is 11.5 Å². The Kier molecular flexibility index (Phi) is 3.74. The smallest absolute Gasteiger partial charge is 0.128 e. The van der Waals surface area contributed by atoms with Gasteiger partial charge in [0.05, 0.1) is 12.0 Å². The number of imidazole rings is 2. The van der Waals surface area contributed by atoms with Crippen LogP contribution in [0.4, 0.5) is 0 Å². The zero-order valence-electron chi connectivity index (χ0n) is 9.07. The molecule has 0 aliphatic carbocycles. The quantitative estimate of drug-likeness (QED) is 0.817. The largest absolute Gasteiger partial charge is 0.344 e. The van der Waals surface area contributed by atoms with Crippen LogP contribution >= 0.6 is 15.9 Å². The molecule has 2 heterocycles. The highest BCUT2D eigenvalue weighted by Crippen LogP contribution is 2.12. The fourth-order valence-corrected chi connectivity index (χ4v) is 1.98. The zero-order valence-corrected chi connectivity index (χ0v) is 10.7. The molecule has 0 saturated carbocycles. The van der Waals surface area contributed by atoms with Crippen LogP contribution in [0, 0.1) is 6.92 Å². The van der Waals surface area contributed by atoms with Gasteiger partial charge in [-0.1, -0.05) is 0 Å². The maximum atomic E-state index is 4.25. The lowest BCUT2D eigenvalue weighted by Crippen LogP contribution is -2.19. The highest BCUT2D eigenvalue weighted by molar-refractivity contribution is 9.10. The van der Waals surface area contributed by atoms with Crippen molar-refractivity contribution in [3.8, 4) is 0 Å². The molecule has 2 aromatic heterocycles.